The first-order chi connectivity index (χ1) is 15.9. The number of rotatable bonds is 5. The van der Waals surface area contributed by atoms with E-state index in [0.29, 0.717) is 34.6 Å². The highest BCUT2D eigenvalue weighted by molar-refractivity contribution is 6.36. The van der Waals surface area contributed by atoms with Gasteiger partial charge in [-0.3, -0.25) is 4.98 Å². The minimum absolute atomic E-state index is 0.00847. The van der Waals surface area contributed by atoms with Gasteiger partial charge >= 0.3 is 0 Å². The number of aliphatic hydroxyl groups is 1. The van der Waals surface area contributed by atoms with E-state index < -0.39 is 12.2 Å². The van der Waals surface area contributed by atoms with Gasteiger partial charge in [0.05, 0.1) is 25.2 Å². The zero-order valence-electron chi connectivity index (χ0n) is 17.8. The Labute approximate surface area is 201 Å². The summed E-state index contributed by atoms with van der Waals surface area (Å²) in [6.45, 7) is 2.62. The van der Waals surface area contributed by atoms with Crippen LogP contribution in [0.5, 0.6) is 5.75 Å². The second-order valence-electron chi connectivity index (χ2n) is 8.24. The predicted octanol–water partition coefficient (Wildman–Crippen LogP) is 4.41. The van der Waals surface area contributed by atoms with E-state index in [0.717, 1.165) is 16.8 Å². The molecule has 33 heavy (non-hydrogen) atoms. The van der Waals surface area contributed by atoms with Crippen LogP contribution in [0, 0.1) is 0 Å². The van der Waals surface area contributed by atoms with Crippen molar-refractivity contribution in [3.8, 4) is 16.9 Å². The molecule has 5 unspecified atom stereocenters. The molecule has 2 saturated heterocycles. The van der Waals surface area contributed by atoms with Crippen molar-refractivity contribution >= 4 is 29.0 Å². The molecule has 0 bridgehead atoms. The maximum Gasteiger partial charge on any atom is 0.166 e. The molecule has 0 spiro atoms. The van der Waals surface area contributed by atoms with Crippen molar-refractivity contribution in [1.82, 2.24) is 9.97 Å². The molecule has 2 aliphatic heterocycles. The predicted molar refractivity (Wildman–Crippen MR) is 126 cm³/mol. The second-order valence-corrected chi connectivity index (χ2v) is 9.06. The molecule has 3 aromatic rings. The highest BCUT2D eigenvalue weighted by Crippen LogP contribution is 2.38. The van der Waals surface area contributed by atoms with Gasteiger partial charge in [0.25, 0.3) is 0 Å². The van der Waals surface area contributed by atoms with Gasteiger partial charge in [-0.2, -0.15) is 0 Å². The van der Waals surface area contributed by atoms with Crippen molar-refractivity contribution in [2.45, 2.75) is 37.3 Å². The van der Waals surface area contributed by atoms with Crippen molar-refractivity contribution in [3.63, 3.8) is 0 Å². The zero-order valence-corrected chi connectivity index (χ0v) is 19.3. The van der Waals surface area contributed by atoms with Crippen molar-refractivity contribution in [3.05, 3.63) is 70.1 Å². The third kappa shape index (κ3) is 4.27. The number of ether oxygens (including phenoxy) is 3. The lowest BCUT2D eigenvalue weighted by molar-refractivity contribution is 0.0181. The zero-order chi connectivity index (χ0) is 23.1. The van der Waals surface area contributed by atoms with Crippen LogP contribution >= 0.6 is 23.2 Å². The number of halogens is 2. The lowest BCUT2D eigenvalue weighted by atomic mass is 9.96. The van der Waals surface area contributed by atoms with Crippen molar-refractivity contribution in [1.29, 1.82) is 0 Å². The maximum absolute atomic E-state index is 9.96. The van der Waals surface area contributed by atoms with E-state index in [1.165, 1.54) is 0 Å². The highest BCUT2D eigenvalue weighted by Gasteiger charge is 2.48. The number of benzene rings is 1. The van der Waals surface area contributed by atoms with Gasteiger partial charge in [0.2, 0.25) is 0 Å². The lowest BCUT2D eigenvalue weighted by Crippen LogP contribution is -2.28. The topological polar surface area (TPSA) is 99.7 Å². The van der Waals surface area contributed by atoms with E-state index in [-0.39, 0.29) is 23.9 Å². The molecule has 0 saturated carbocycles. The van der Waals surface area contributed by atoms with E-state index in [9.17, 15) is 5.11 Å². The SMILES string of the molecule is CC(Oc1cc(-c2ccc(C3COC4C(O)COC34)nc2)cnc1N)c1c(Cl)cccc1Cl. The van der Waals surface area contributed by atoms with E-state index >= 15 is 0 Å². The third-order valence-electron chi connectivity index (χ3n) is 6.12. The molecule has 5 rings (SSSR count). The Hall–Kier alpha value is -2.42. The maximum atomic E-state index is 9.96. The van der Waals surface area contributed by atoms with E-state index in [4.69, 9.17) is 43.1 Å². The van der Waals surface area contributed by atoms with Gasteiger partial charge in [-0.1, -0.05) is 35.3 Å². The first-order valence-electron chi connectivity index (χ1n) is 10.7. The average Bonchev–Trinajstić information content (AvgIpc) is 3.38. The Morgan fingerprint density at radius 1 is 1.03 bits per heavy atom. The molecular formula is C24H23Cl2N3O4. The molecule has 2 fully saturated rings. The molecule has 0 amide bonds. The quantitative estimate of drug-likeness (QED) is 0.549. The fourth-order valence-electron chi connectivity index (χ4n) is 4.38. The number of aromatic nitrogens is 2. The fraction of sp³-hybridized carbons (Fsp3) is 0.333. The summed E-state index contributed by atoms with van der Waals surface area (Å²) in [6.07, 6.45) is 1.99. The van der Waals surface area contributed by atoms with Gasteiger partial charge in [0.15, 0.2) is 11.6 Å². The summed E-state index contributed by atoms with van der Waals surface area (Å²) in [7, 11) is 0. The number of aliphatic hydroxyl groups excluding tert-OH is 1. The Kier molecular flexibility index (Phi) is 6.16. The molecule has 0 radical (unpaired) electrons. The normalized spacial score (nSPS) is 25.1. The summed E-state index contributed by atoms with van der Waals surface area (Å²) >= 11 is 12.6. The molecule has 4 heterocycles. The molecule has 7 nitrogen and oxygen atoms in total. The molecule has 172 valence electrons. The molecule has 5 atom stereocenters. The monoisotopic (exact) mass is 487 g/mol. The summed E-state index contributed by atoms with van der Waals surface area (Å²) in [5.41, 5.74) is 9.30. The summed E-state index contributed by atoms with van der Waals surface area (Å²) in [5, 5.41) is 11.0. The molecular weight excluding hydrogens is 465 g/mol. The van der Waals surface area contributed by atoms with Crippen LogP contribution in [0.25, 0.3) is 11.1 Å². The van der Waals surface area contributed by atoms with Crippen LogP contribution in [0.4, 0.5) is 5.82 Å². The van der Waals surface area contributed by atoms with Gasteiger partial charge in [0.1, 0.15) is 18.3 Å². The largest absolute Gasteiger partial charge is 0.482 e. The van der Waals surface area contributed by atoms with Gasteiger partial charge in [0, 0.05) is 44.8 Å². The Balaban J connectivity index is 1.36. The molecule has 9 heteroatoms. The van der Waals surface area contributed by atoms with Crippen LogP contribution in [0.3, 0.4) is 0 Å². The summed E-state index contributed by atoms with van der Waals surface area (Å²) in [4.78, 5) is 8.92. The van der Waals surface area contributed by atoms with Gasteiger partial charge in [-0.25, -0.2) is 4.98 Å². The number of hydrogen-bond donors (Lipinski definition) is 2. The average molecular weight is 488 g/mol. The number of fused-ring (bicyclic) bond motifs is 1. The smallest absolute Gasteiger partial charge is 0.166 e. The lowest BCUT2D eigenvalue weighted by Gasteiger charge is -2.19. The van der Waals surface area contributed by atoms with Gasteiger partial charge in [-0.05, 0) is 31.2 Å². The van der Waals surface area contributed by atoms with Crippen molar-refractivity contribution in [2.75, 3.05) is 18.9 Å². The van der Waals surface area contributed by atoms with Crippen LogP contribution in [-0.4, -0.2) is 46.6 Å². The van der Waals surface area contributed by atoms with Gasteiger partial charge in [-0.15, -0.1) is 0 Å². The van der Waals surface area contributed by atoms with E-state index in [1.807, 2.05) is 25.1 Å². The summed E-state index contributed by atoms with van der Waals surface area (Å²) in [6, 6.07) is 11.1. The Morgan fingerprint density at radius 2 is 1.76 bits per heavy atom. The highest BCUT2D eigenvalue weighted by atomic mass is 35.5. The number of pyridine rings is 2. The molecule has 2 aromatic heterocycles. The molecule has 3 N–H and O–H groups in total. The van der Waals surface area contributed by atoms with Crippen LogP contribution < -0.4 is 10.5 Å². The van der Waals surface area contributed by atoms with Crippen LogP contribution in [0.2, 0.25) is 10.0 Å². The summed E-state index contributed by atoms with van der Waals surface area (Å²) in [5.74, 6) is 0.690. The van der Waals surface area contributed by atoms with E-state index in [1.54, 1.807) is 30.6 Å². The first-order valence-corrected chi connectivity index (χ1v) is 11.4. The number of anilines is 1. The number of hydrogen-bond acceptors (Lipinski definition) is 7. The number of nitrogens with zero attached hydrogens (tertiary/aromatic N) is 2. The minimum atomic E-state index is -0.582. The minimum Gasteiger partial charge on any atom is -0.482 e. The number of nitrogen functional groups attached to an aromatic ring is 1. The van der Waals surface area contributed by atoms with Crippen LogP contribution in [0.1, 0.15) is 30.2 Å². The Morgan fingerprint density at radius 3 is 2.48 bits per heavy atom. The molecule has 1 aromatic carbocycles. The van der Waals surface area contributed by atoms with Crippen molar-refractivity contribution in [2.24, 2.45) is 0 Å². The summed E-state index contributed by atoms with van der Waals surface area (Å²) < 4.78 is 17.5. The van der Waals surface area contributed by atoms with Crippen LogP contribution in [0.15, 0.2) is 48.8 Å². The fourth-order valence-corrected chi connectivity index (χ4v) is 5.09. The van der Waals surface area contributed by atoms with Gasteiger partial charge < -0.3 is 25.1 Å². The van der Waals surface area contributed by atoms with Crippen LogP contribution in [-0.2, 0) is 9.47 Å². The third-order valence-corrected chi connectivity index (χ3v) is 6.78. The molecule has 0 aliphatic carbocycles. The second kappa shape index (κ2) is 9.08. The number of nitrogens with two attached hydrogens (primary N) is 1. The van der Waals surface area contributed by atoms with Crippen molar-refractivity contribution < 1.29 is 19.3 Å². The standard InChI is InChI=1S/C24H23Cl2N3O4/c1-12(21-16(25)3-2-4-17(21)26)33-20-7-14(9-29-24(20)27)13-5-6-18(28-8-13)15-10-31-23-19(30)11-32-22(15)23/h2-9,12,15,19,22-23,30H,10-11H2,1H3,(H2,27,29). The molecule has 2 aliphatic rings. The Bertz CT molecular complexity index is 1140. The first kappa shape index (κ1) is 22.4. The van der Waals surface area contributed by atoms with E-state index in [2.05, 4.69) is 9.97 Å².